The van der Waals surface area contributed by atoms with Crippen LogP contribution in [0.15, 0.2) is 109 Å². The summed E-state index contributed by atoms with van der Waals surface area (Å²) in [6, 6.07) is 34.2. The van der Waals surface area contributed by atoms with E-state index in [-0.39, 0.29) is 61.9 Å². The molecule has 4 aromatic carbocycles. The Morgan fingerprint density at radius 2 is 0.910 bits per heavy atom. The van der Waals surface area contributed by atoms with Gasteiger partial charge in [0.1, 0.15) is 23.7 Å². The number of benzene rings is 4. The number of aliphatic hydroxyl groups is 2. The van der Waals surface area contributed by atoms with E-state index in [0.29, 0.717) is 52.4 Å². The van der Waals surface area contributed by atoms with Crippen molar-refractivity contribution in [3.8, 4) is 11.5 Å². The number of amides is 2. The van der Waals surface area contributed by atoms with Gasteiger partial charge in [0.05, 0.1) is 102 Å². The van der Waals surface area contributed by atoms with Crippen LogP contribution in [0, 0.1) is 11.8 Å². The number of fused-ring (bicyclic) bond motifs is 2. The van der Waals surface area contributed by atoms with Crippen molar-refractivity contribution in [2.45, 2.75) is 151 Å². The Morgan fingerprint density at radius 1 is 0.526 bits per heavy atom. The molecule has 2 aliphatic carbocycles. The summed E-state index contributed by atoms with van der Waals surface area (Å²) in [5, 5.41) is 32.5. The third kappa shape index (κ3) is 16.8. The first-order chi connectivity index (χ1) is 38.1. The average molecular weight is 1080 g/mol. The summed E-state index contributed by atoms with van der Waals surface area (Å²) < 4.78 is 44.4. The second-order valence-electron chi connectivity index (χ2n) is 21.3. The van der Waals surface area contributed by atoms with Gasteiger partial charge in [0.2, 0.25) is 0 Å². The predicted molar refractivity (Wildman–Crippen MR) is 288 cm³/mol. The fourth-order valence-electron chi connectivity index (χ4n) is 11.3. The largest absolute Gasteiger partial charge is 0.497 e. The molecule has 4 saturated heterocycles. The number of nitrogens with one attached hydrogen (secondary N) is 2. The Balaban J connectivity index is 0.000000190. The quantitative estimate of drug-likeness (QED) is 0.0499. The zero-order chi connectivity index (χ0) is 54.1. The molecule has 78 heavy (non-hydrogen) atoms. The highest BCUT2D eigenvalue weighted by atomic mass is 16.7. The number of hydrogen-bond donors (Lipinski definition) is 4. The average Bonchev–Trinajstić information content (AvgIpc) is 4.36. The van der Waals surface area contributed by atoms with Gasteiger partial charge in [-0.2, -0.15) is 10.1 Å². The number of rotatable bonds is 24. The molecule has 2 amide bonds. The zero-order valence-electron chi connectivity index (χ0n) is 45.2. The van der Waals surface area contributed by atoms with Gasteiger partial charge in [-0.25, -0.2) is 9.59 Å². The molecular weight excluding hydrogens is 1000 g/mol. The number of hydrogen-bond acceptors (Lipinski definition) is 16. The smallest absolute Gasteiger partial charge is 0.407 e. The minimum absolute atomic E-state index is 0.0491. The van der Waals surface area contributed by atoms with Gasteiger partial charge < -0.3 is 58.7 Å². The summed E-state index contributed by atoms with van der Waals surface area (Å²) in [6.07, 6.45) is 7.12. The molecule has 18 nitrogen and oxygen atoms in total. The maximum atomic E-state index is 13.0. The van der Waals surface area contributed by atoms with Gasteiger partial charge in [-0.3, -0.25) is 9.68 Å². The van der Waals surface area contributed by atoms with Crippen molar-refractivity contribution >= 4 is 12.2 Å². The molecule has 424 valence electrons. The number of nitrogens with zero attached hydrogens (tertiary/aromatic N) is 2. The fourth-order valence-corrected chi connectivity index (χ4v) is 11.3. The molecule has 4 heterocycles. The number of ether oxygens (including phenoxy) is 8. The van der Waals surface area contributed by atoms with Gasteiger partial charge in [-0.05, 0) is 97.9 Å². The van der Waals surface area contributed by atoms with Gasteiger partial charge in [-0.1, -0.05) is 111 Å². The number of carbonyl (C=O) groups excluding carboxylic acids is 2. The monoisotopic (exact) mass is 1080 g/mol. The highest BCUT2D eigenvalue weighted by Crippen LogP contribution is 2.35. The maximum Gasteiger partial charge on any atom is 0.407 e. The Hall–Kier alpha value is -5.38. The van der Waals surface area contributed by atoms with Gasteiger partial charge in [0.25, 0.3) is 0 Å². The Labute approximate surface area is 458 Å². The summed E-state index contributed by atoms with van der Waals surface area (Å²) in [6.45, 7) is 3.31. The van der Waals surface area contributed by atoms with Crippen LogP contribution in [0.3, 0.4) is 0 Å². The van der Waals surface area contributed by atoms with E-state index >= 15 is 0 Å². The minimum Gasteiger partial charge on any atom is -0.497 e. The van der Waals surface area contributed by atoms with Crippen LogP contribution >= 0.6 is 0 Å². The SMILES string of the molecule is COc1ccc(CN(CC(O)[C@H](Cc2ccccc2)NC(=O)OC2COC3OCCC23)OC2CCCC2)cc1.COc1ccc(CN(CC(O)[C@H](Cc2ccccc2)NC(=O)OC2COC3OCCC23)OC2CCCC2)cc1. The summed E-state index contributed by atoms with van der Waals surface area (Å²) in [5.41, 5.74) is 4.10. The van der Waals surface area contributed by atoms with Crippen LogP contribution < -0.4 is 20.1 Å². The summed E-state index contributed by atoms with van der Waals surface area (Å²) in [4.78, 5) is 38.8. The molecule has 6 fully saturated rings. The molecule has 6 aliphatic rings. The second-order valence-corrected chi connectivity index (χ2v) is 21.3. The lowest BCUT2D eigenvalue weighted by atomic mass is 10.0. The van der Waals surface area contributed by atoms with Gasteiger partial charge in [-0.15, -0.1) is 0 Å². The fraction of sp³-hybridized carbons (Fsp3) is 0.567. The highest BCUT2D eigenvalue weighted by Gasteiger charge is 2.45. The van der Waals surface area contributed by atoms with E-state index in [2.05, 4.69) is 10.6 Å². The van der Waals surface area contributed by atoms with E-state index < -0.39 is 36.5 Å². The van der Waals surface area contributed by atoms with Gasteiger partial charge in [0, 0.05) is 13.1 Å². The summed E-state index contributed by atoms with van der Waals surface area (Å²) in [7, 11) is 3.29. The highest BCUT2D eigenvalue weighted by molar-refractivity contribution is 5.68. The van der Waals surface area contributed by atoms with E-state index in [1.54, 1.807) is 14.2 Å². The third-order valence-corrected chi connectivity index (χ3v) is 15.6. The maximum absolute atomic E-state index is 13.0. The summed E-state index contributed by atoms with van der Waals surface area (Å²) >= 11 is 0. The first-order valence-electron chi connectivity index (χ1n) is 28.1. The lowest BCUT2D eigenvalue weighted by molar-refractivity contribution is -0.214. The van der Waals surface area contributed by atoms with Crippen molar-refractivity contribution in [3.63, 3.8) is 0 Å². The van der Waals surface area contributed by atoms with Gasteiger partial charge >= 0.3 is 12.2 Å². The molecular formula is C60H80N4O14. The Kier molecular flexibility index (Phi) is 21.4. The second kappa shape index (κ2) is 29.2. The molecule has 0 radical (unpaired) electrons. The Bertz CT molecular complexity index is 2230. The van der Waals surface area contributed by atoms with E-state index in [9.17, 15) is 19.8 Å². The van der Waals surface area contributed by atoms with Crippen LogP contribution in [0.2, 0.25) is 0 Å². The molecule has 2 saturated carbocycles. The van der Waals surface area contributed by atoms with Crippen molar-refractivity contribution in [1.29, 1.82) is 0 Å². The molecule has 0 spiro atoms. The van der Waals surface area contributed by atoms with Crippen molar-refractivity contribution < 1.29 is 67.4 Å². The minimum atomic E-state index is -0.903. The lowest BCUT2D eigenvalue weighted by Gasteiger charge is -2.31. The van der Waals surface area contributed by atoms with E-state index in [1.165, 1.54) is 0 Å². The van der Waals surface area contributed by atoms with Crippen LogP contribution in [-0.4, -0.2) is 148 Å². The van der Waals surface area contributed by atoms with E-state index in [1.807, 2.05) is 119 Å². The lowest BCUT2D eigenvalue weighted by Crippen LogP contribution is -2.50. The third-order valence-electron chi connectivity index (χ3n) is 15.6. The van der Waals surface area contributed by atoms with Crippen molar-refractivity contribution in [2.24, 2.45) is 11.8 Å². The Morgan fingerprint density at radius 3 is 1.28 bits per heavy atom. The van der Waals surface area contributed by atoms with Gasteiger partial charge in [0.15, 0.2) is 12.6 Å². The van der Waals surface area contributed by atoms with Crippen LogP contribution in [0.25, 0.3) is 0 Å². The van der Waals surface area contributed by atoms with E-state index in [0.717, 1.165) is 98.0 Å². The van der Waals surface area contributed by atoms with Crippen molar-refractivity contribution in [2.75, 3.05) is 53.7 Å². The zero-order valence-corrected chi connectivity index (χ0v) is 45.2. The number of alkyl carbamates (subject to hydrolysis) is 2. The van der Waals surface area contributed by atoms with Crippen LogP contribution in [-0.2, 0) is 64.0 Å². The first kappa shape index (κ1) is 57.3. The van der Waals surface area contributed by atoms with Crippen molar-refractivity contribution in [3.05, 3.63) is 131 Å². The molecule has 0 bridgehead atoms. The first-order valence-corrected chi connectivity index (χ1v) is 28.1. The molecule has 10 atom stereocenters. The van der Waals surface area contributed by atoms with E-state index in [4.69, 9.17) is 47.6 Å². The normalized spacial score (nSPS) is 24.4. The molecule has 18 heteroatoms. The molecule has 4 N–H and O–H groups in total. The van der Waals surface area contributed by atoms with Crippen LogP contribution in [0.4, 0.5) is 9.59 Å². The number of carbonyl (C=O) groups is 2. The molecule has 8 unspecified atom stereocenters. The number of aliphatic hydroxyl groups excluding tert-OH is 2. The molecule has 0 aromatic heterocycles. The standard InChI is InChI=1S/2C30H40N2O7/c2*1-35-23-13-11-22(12-14-23)18-32(39-24-9-5-6-10-24)19-27(33)26(17-21-7-3-2-4-8-21)31-30(34)38-28-20-37-29-25(28)15-16-36-29/h2*2-4,7-8,11-14,24-29,33H,5-6,9-10,15-20H2,1H3,(H,31,34)/t2*25?,26-,27?,28?,29?/m00/s1. The summed E-state index contributed by atoms with van der Waals surface area (Å²) in [5.74, 6) is 1.67. The number of methoxy groups -OCH3 is 2. The molecule has 10 rings (SSSR count). The van der Waals surface area contributed by atoms with Crippen molar-refractivity contribution in [1.82, 2.24) is 20.8 Å². The molecule has 4 aliphatic heterocycles. The topological polar surface area (TPSA) is 197 Å². The van der Waals surface area contributed by atoms with Crippen LogP contribution in [0.1, 0.15) is 86.5 Å². The predicted octanol–water partition coefficient (Wildman–Crippen LogP) is 7.66. The van der Waals surface area contributed by atoms with Crippen LogP contribution in [0.5, 0.6) is 11.5 Å². The molecule has 4 aromatic rings. The number of hydroxylamine groups is 4.